The van der Waals surface area contributed by atoms with Crippen LogP contribution in [-0.4, -0.2) is 19.9 Å². The van der Waals surface area contributed by atoms with Gasteiger partial charge in [0.2, 0.25) is 10.0 Å². The van der Waals surface area contributed by atoms with Gasteiger partial charge in [0.05, 0.1) is 4.90 Å². The molecule has 0 saturated carbocycles. The van der Waals surface area contributed by atoms with E-state index in [9.17, 15) is 12.8 Å². The highest BCUT2D eigenvalue weighted by Crippen LogP contribution is 2.09. The molecule has 2 rings (SSSR count). The van der Waals surface area contributed by atoms with Gasteiger partial charge >= 0.3 is 0 Å². The summed E-state index contributed by atoms with van der Waals surface area (Å²) >= 11 is 0. The van der Waals surface area contributed by atoms with Crippen LogP contribution >= 0.6 is 0 Å². The molecule has 1 N–H and O–H groups in total. The van der Waals surface area contributed by atoms with Crippen LogP contribution in [0.15, 0.2) is 53.7 Å². The maximum atomic E-state index is 12.7. The van der Waals surface area contributed by atoms with Crippen LogP contribution < -0.4 is 4.72 Å². The Labute approximate surface area is 111 Å². The van der Waals surface area contributed by atoms with Crippen LogP contribution in [0.25, 0.3) is 0 Å². The third kappa shape index (κ3) is 3.84. The molecule has 4 nitrogen and oxygen atoms in total. The number of hydrogen-bond acceptors (Lipinski definition) is 3. The van der Waals surface area contributed by atoms with Gasteiger partial charge in [0.25, 0.3) is 0 Å². The summed E-state index contributed by atoms with van der Waals surface area (Å²) in [6.07, 6.45) is 3.89. The van der Waals surface area contributed by atoms with Crippen LogP contribution in [0.1, 0.15) is 5.56 Å². The molecule has 1 heterocycles. The van der Waals surface area contributed by atoms with Crippen molar-refractivity contribution < 1.29 is 12.8 Å². The lowest BCUT2D eigenvalue weighted by Gasteiger charge is -2.06. The smallest absolute Gasteiger partial charge is 0.240 e. The Balaban J connectivity index is 1.97. The van der Waals surface area contributed by atoms with Gasteiger partial charge in [-0.15, -0.1) is 0 Å². The molecule has 0 radical (unpaired) electrons. The predicted molar refractivity (Wildman–Crippen MR) is 69.5 cm³/mol. The van der Waals surface area contributed by atoms with Crippen molar-refractivity contribution in [1.29, 1.82) is 0 Å². The Bertz CT molecular complexity index is 627. The fourth-order valence-electron chi connectivity index (χ4n) is 1.58. The van der Waals surface area contributed by atoms with Crippen molar-refractivity contribution >= 4 is 10.0 Å². The zero-order valence-corrected chi connectivity index (χ0v) is 10.9. The first-order chi connectivity index (χ1) is 9.08. The summed E-state index contributed by atoms with van der Waals surface area (Å²) < 4.78 is 39.0. The minimum Gasteiger partial charge on any atom is -0.265 e. The topological polar surface area (TPSA) is 59.1 Å². The zero-order valence-electron chi connectivity index (χ0n) is 10.1. The Morgan fingerprint density at radius 3 is 2.32 bits per heavy atom. The second-order valence-electron chi connectivity index (χ2n) is 3.96. The minimum absolute atomic E-state index is 0.0589. The number of sulfonamides is 1. The molecule has 19 heavy (non-hydrogen) atoms. The highest BCUT2D eigenvalue weighted by molar-refractivity contribution is 7.89. The third-order valence-corrected chi connectivity index (χ3v) is 4.06. The van der Waals surface area contributed by atoms with Gasteiger partial charge in [-0.25, -0.2) is 17.5 Å². The normalized spacial score (nSPS) is 11.4. The molecule has 0 atom stereocenters. The molecule has 0 fully saturated rings. The SMILES string of the molecule is O=S(=O)(NCCc1ccncc1)c1ccc(F)cc1. The Morgan fingerprint density at radius 2 is 1.68 bits per heavy atom. The first kappa shape index (κ1) is 13.6. The van der Waals surface area contributed by atoms with Crippen molar-refractivity contribution in [2.24, 2.45) is 0 Å². The van der Waals surface area contributed by atoms with Gasteiger partial charge in [0.1, 0.15) is 5.82 Å². The lowest BCUT2D eigenvalue weighted by molar-refractivity contribution is 0.580. The average molecular weight is 280 g/mol. The zero-order chi connectivity index (χ0) is 13.7. The van der Waals surface area contributed by atoms with E-state index in [1.807, 2.05) is 12.1 Å². The molecule has 6 heteroatoms. The largest absolute Gasteiger partial charge is 0.265 e. The third-order valence-electron chi connectivity index (χ3n) is 2.58. The molecule has 1 aromatic heterocycles. The predicted octanol–water partition coefficient (Wildman–Crippen LogP) is 1.74. The molecule has 0 aliphatic heterocycles. The van der Waals surface area contributed by atoms with Crippen molar-refractivity contribution in [1.82, 2.24) is 9.71 Å². The quantitative estimate of drug-likeness (QED) is 0.907. The lowest BCUT2D eigenvalue weighted by Crippen LogP contribution is -2.26. The van der Waals surface area contributed by atoms with Crippen LogP contribution in [0.4, 0.5) is 4.39 Å². The van der Waals surface area contributed by atoms with E-state index in [0.717, 1.165) is 17.7 Å². The van der Waals surface area contributed by atoms with Gasteiger partial charge in [-0.1, -0.05) is 0 Å². The molecule has 2 aromatic rings. The van der Waals surface area contributed by atoms with Crippen molar-refractivity contribution in [2.45, 2.75) is 11.3 Å². The summed E-state index contributed by atoms with van der Waals surface area (Å²) in [5.74, 6) is -0.462. The summed E-state index contributed by atoms with van der Waals surface area (Å²) in [5, 5.41) is 0. The highest BCUT2D eigenvalue weighted by atomic mass is 32.2. The van der Waals surface area contributed by atoms with Gasteiger partial charge < -0.3 is 0 Å². The molecular weight excluding hydrogens is 267 g/mol. The van der Waals surface area contributed by atoms with Crippen molar-refractivity contribution in [3.8, 4) is 0 Å². The van der Waals surface area contributed by atoms with Crippen molar-refractivity contribution in [3.05, 3.63) is 60.2 Å². The molecule has 0 saturated heterocycles. The molecule has 0 aliphatic carbocycles. The van der Waals surface area contributed by atoms with Crippen LogP contribution in [0.3, 0.4) is 0 Å². The van der Waals surface area contributed by atoms with Crippen LogP contribution in [0.5, 0.6) is 0 Å². The maximum absolute atomic E-state index is 12.7. The second-order valence-corrected chi connectivity index (χ2v) is 5.72. The van der Waals surface area contributed by atoms with E-state index in [-0.39, 0.29) is 11.4 Å². The maximum Gasteiger partial charge on any atom is 0.240 e. The number of benzene rings is 1. The number of nitrogens with one attached hydrogen (secondary N) is 1. The molecule has 0 amide bonds. The monoisotopic (exact) mass is 280 g/mol. The second kappa shape index (κ2) is 5.90. The van der Waals surface area contributed by atoms with Crippen LogP contribution in [0, 0.1) is 5.82 Å². The van der Waals surface area contributed by atoms with E-state index in [4.69, 9.17) is 0 Å². The summed E-state index contributed by atoms with van der Waals surface area (Å²) in [6.45, 7) is 0.281. The van der Waals surface area contributed by atoms with Gasteiger partial charge in [-0.2, -0.15) is 0 Å². The van der Waals surface area contributed by atoms with Crippen LogP contribution in [0.2, 0.25) is 0 Å². The number of halogens is 1. The van der Waals surface area contributed by atoms with E-state index < -0.39 is 15.8 Å². The van der Waals surface area contributed by atoms with Gasteiger partial charge in [-0.3, -0.25) is 4.98 Å². The first-order valence-corrected chi connectivity index (χ1v) is 7.20. The number of rotatable bonds is 5. The fourth-order valence-corrected chi connectivity index (χ4v) is 2.61. The Morgan fingerprint density at radius 1 is 1.05 bits per heavy atom. The van der Waals surface area contributed by atoms with Gasteiger partial charge in [0, 0.05) is 18.9 Å². The van der Waals surface area contributed by atoms with Crippen molar-refractivity contribution in [2.75, 3.05) is 6.54 Å². The first-order valence-electron chi connectivity index (χ1n) is 5.72. The summed E-state index contributed by atoms with van der Waals surface area (Å²) in [6, 6.07) is 8.38. The average Bonchev–Trinajstić information content (AvgIpc) is 2.40. The molecule has 1 aromatic carbocycles. The molecular formula is C13H13FN2O2S. The van der Waals surface area contributed by atoms with Crippen LogP contribution in [-0.2, 0) is 16.4 Å². The van der Waals surface area contributed by atoms with Gasteiger partial charge in [0.15, 0.2) is 0 Å². The molecule has 0 bridgehead atoms. The number of hydrogen-bond donors (Lipinski definition) is 1. The molecule has 0 spiro atoms. The van der Waals surface area contributed by atoms with Crippen molar-refractivity contribution in [3.63, 3.8) is 0 Å². The van der Waals surface area contributed by atoms with E-state index in [1.54, 1.807) is 12.4 Å². The van der Waals surface area contributed by atoms with E-state index >= 15 is 0 Å². The molecule has 100 valence electrons. The van der Waals surface area contributed by atoms with Gasteiger partial charge in [-0.05, 0) is 48.4 Å². The molecule has 0 unspecified atom stereocenters. The summed E-state index contributed by atoms with van der Waals surface area (Å²) in [5.41, 5.74) is 0.997. The standard InChI is InChI=1S/C13H13FN2O2S/c14-12-1-3-13(4-2-12)19(17,18)16-10-7-11-5-8-15-9-6-11/h1-6,8-9,16H,7,10H2. The number of pyridine rings is 1. The van der Waals surface area contributed by atoms with E-state index in [0.29, 0.717) is 6.42 Å². The Kier molecular flexibility index (Phi) is 4.24. The summed E-state index contributed by atoms with van der Waals surface area (Å²) in [7, 11) is -3.58. The van der Waals surface area contributed by atoms with E-state index in [2.05, 4.69) is 9.71 Å². The number of nitrogens with zero attached hydrogens (tertiary/aromatic N) is 1. The molecule has 0 aliphatic rings. The lowest BCUT2D eigenvalue weighted by atomic mass is 10.2. The summed E-state index contributed by atoms with van der Waals surface area (Å²) in [4.78, 5) is 3.94. The minimum atomic E-state index is -3.58. The Hall–Kier alpha value is -1.79. The highest BCUT2D eigenvalue weighted by Gasteiger charge is 2.12. The number of aromatic nitrogens is 1. The van der Waals surface area contributed by atoms with E-state index in [1.165, 1.54) is 12.1 Å². The fraction of sp³-hybridized carbons (Fsp3) is 0.154.